The first-order valence-corrected chi connectivity index (χ1v) is 12.1. The van der Waals surface area contributed by atoms with E-state index >= 15 is 0 Å². The van der Waals surface area contributed by atoms with Gasteiger partial charge in [-0.15, -0.1) is 10.2 Å². The van der Waals surface area contributed by atoms with Gasteiger partial charge >= 0.3 is 6.09 Å². The molecule has 188 valence electrons. The normalized spacial score (nSPS) is 17.1. The van der Waals surface area contributed by atoms with E-state index in [1.165, 1.54) is 22.3 Å². The molecule has 0 N–H and O–H groups in total. The third-order valence-corrected chi connectivity index (χ3v) is 6.35. The highest BCUT2D eigenvalue weighted by Crippen LogP contribution is 2.24. The van der Waals surface area contributed by atoms with Crippen molar-refractivity contribution in [2.45, 2.75) is 66.2 Å². The van der Waals surface area contributed by atoms with E-state index < -0.39 is 5.60 Å². The maximum atomic E-state index is 12.6. The second kappa shape index (κ2) is 9.81. The van der Waals surface area contributed by atoms with Gasteiger partial charge in [0.1, 0.15) is 11.3 Å². The number of ether oxygens (including phenoxy) is 1. The van der Waals surface area contributed by atoms with E-state index in [1.54, 1.807) is 10.9 Å². The summed E-state index contributed by atoms with van der Waals surface area (Å²) in [7, 11) is 1.85. The molecular formula is C26H36N6O3. The maximum Gasteiger partial charge on any atom is 0.410 e. The van der Waals surface area contributed by atoms with E-state index in [-0.39, 0.29) is 12.1 Å². The third-order valence-electron chi connectivity index (χ3n) is 6.35. The first-order chi connectivity index (χ1) is 16.5. The molecule has 1 aromatic carbocycles. The molecule has 4 rings (SSSR count). The first kappa shape index (κ1) is 24.9. The van der Waals surface area contributed by atoms with E-state index in [1.807, 2.05) is 38.8 Å². The van der Waals surface area contributed by atoms with Gasteiger partial charge in [0.2, 0.25) is 5.89 Å². The highest BCUT2D eigenvalue weighted by atomic mass is 16.6. The van der Waals surface area contributed by atoms with Gasteiger partial charge in [-0.3, -0.25) is 9.58 Å². The van der Waals surface area contributed by atoms with E-state index in [0.29, 0.717) is 24.7 Å². The number of nitrogens with zero attached hydrogens (tertiary/aromatic N) is 6. The summed E-state index contributed by atoms with van der Waals surface area (Å²) in [5.41, 5.74) is 5.21. The molecule has 3 aromatic rings. The fourth-order valence-corrected chi connectivity index (χ4v) is 4.55. The number of aryl methyl sites for hydroxylation is 2. The maximum absolute atomic E-state index is 12.6. The van der Waals surface area contributed by atoms with Crippen LogP contribution >= 0.6 is 0 Å². The lowest BCUT2D eigenvalue weighted by molar-refractivity contribution is 0.000535. The summed E-state index contributed by atoms with van der Waals surface area (Å²) >= 11 is 0. The molecule has 1 atom stereocenters. The summed E-state index contributed by atoms with van der Waals surface area (Å²) in [6.45, 7) is 15.2. The Bertz CT molecular complexity index is 1190. The molecule has 9 nitrogen and oxygen atoms in total. The predicted molar refractivity (Wildman–Crippen MR) is 133 cm³/mol. The van der Waals surface area contributed by atoms with Gasteiger partial charge in [0.25, 0.3) is 5.89 Å². The van der Waals surface area contributed by atoms with Crippen LogP contribution in [0.1, 0.15) is 55.8 Å². The van der Waals surface area contributed by atoms with Gasteiger partial charge in [-0.05, 0) is 64.3 Å². The number of amides is 1. The molecule has 2 aromatic heterocycles. The van der Waals surface area contributed by atoms with Crippen LogP contribution in [0.3, 0.4) is 0 Å². The van der Waals surface area contributed by atoms with Gasteiger partial charge in [0.05, 0.1) is 6.42 Å². The molecule has 35 heavy (non-hydrogen) atoms. The fourth-order valence-electron chi connectivity index (χ4n) is 4.55. The second-order valence-corrected chi connectivity index (χ2v) is 10.5. The van der Waals surface area contributed by atoms with Crippen molar-refractivity contribution in [1.29, 1.82) is 0 Å². The average molecular weight is 481 g/mol. The zero-order chi connectivity index (χ0) is 25.3. The van der Waals surface area contributed by atoms with Crippen molar-refractivity contribution >= 4 is 6.09 Å². The Labute approximate surface area is 207 Å². The zero-order valence-corrected chi connectivity index (χ0v) is 21.8. The molecule has 9 heteroatoms. The topological polar surface area (TPSA) is 89.5 Å². The van der Waals surface area contributed by atoms with Crippen LogP contribution in [-0.2, 0) is 24.8 Å². The molecule has 1 fully saturated rings. The molecule has 0 radical (unpaired) electrons. The summed E-state index contributed by atoms with van der Waals surface area (Å²) in [5.74, 6) is 1.06. The van der Waals surface area contributed by atoms with Crippen LogP contribution in [0.2, 0.25) is 0 Å². The van der Waals surface area contributed by atoms with Crippen LogP contribution < -0.4 is 0 Å². The summed E-state index contributed by atoms with van der Waals surface area (Å²) in [4.78, 5) is 16.8. The van der Waals surface area contributed by atoms with Crippen molar-refractivity contribution in [2.24, 2.45) is 7.05 Å². The van der Waals surface area contributed by atoms with Crippen LogP contribution in [-0.4, -0.2) is 67.1 Å². The lowest BCUT2D eigenvalue weighted by Gasteiger charge is -2.40. The minimum Gasteiger partial charge on any atom is -0.444 e. The van der Waals surface area contributed by atoms with Crippen LogP contribution in [0, 0.1) is 13.8 Å². The SMILES string of the molecule is Cc1cc(Cc2nnc(-c3ccnn3C)o2)c(C)c(CN2CCN(C(=O)OC(C)(C)C)[C@@H](C)C2)c1. The van der Waals surface area contributed by atoms with Crippen LogP contribution in [0.5, 0.6) is 0 Å². The van der Waals surface area contributed by atoms with Gasteiger partial charge in [0, 0.05) is 45.5 Å². The number of piperazine rings is 1. The summed E-state index contributed by atoms with van der Waals surface area (Å²) in [5, 5.41) is 12.6. The highest BCUT2D eigenvalue weighted by molar-refractivity contribution is 5.68. The van der Waals surface area contributed by atoms with Crippen LogP contribution in [0.15, 0.2) is 28.8 Å². The number of hydrogen-bond donors (Lipinski definition) is 0. The summed E-state index contributed by atoms with van der Waals surface area (Å²) in [6, 6.07) is 6.39. The van der Waals surface area contributed by atoms with Crippen molar-refractivity contribution in [3.63, 3.8) is 0 Å². The molecule has 1 aliphatic heterocycles. The minimum atomic E-state index is -0.486. The van der Waals surface area contributed by atoms with Gasteiger partial charge in [-0.1, -0.05) is 17.7 Å². The van der Waals surface area contributed by atoms with Crippen molar-refractivity contribution in [1.82, 2.24) is 29.8 Å². The largest absolute Gasteiger partial charge is 0.444 e. The van der Waals surface area contributed by atoms with Crippen molar-refractivity contribution in [3.05, 3.63) is 52.5 Å². The van der Waals surface area contributed by atoms with E-state index in [0.717, 1.165) is 25.3 Å². The molecule has 1 aliphatic rings. The fraction of sp³-hybridized carbons (Fsp3) is 0.538. The van der Waals surface area contributed by atoms with Crippen molar-refractivity contribution in [3.8, 4) is 11.6 Å². The summed E-state index contributed by atoms with van der Waals surface area (Å²) in [6.07, 6.45) is 2.06. The quantitative estimate of drug-likeness (QED) is 0.543. The molecule has 1 saturated heterocycles. The Hall–Kier alpha value is -3.20. The predicted octanol–water partition coefficient (Wildman–Crippen LogP) is 4.12. The Balaban J connectivity index is 1.44. The Morgan fingerprint density at radius 1 is 1.17 bits per heavy atom. The van der Waals surface area contributed by atoms with Gasteiger partial charge in [-0.2, -0.15) is 5.10 Å². The molecule has 0 unspecified atom stereocenters. The van der Waals surface area contributed by atoms with Gasteiger partial charge in [-0.25, -0.2) is 4.79 Å². The first-order valence-electron chi connectivity index (χ1n) is 12.1. The van der Waals surface area contributed by atoms with Crippen molar-refractivity contribution < 1.29 is 13.9 Å². The van der Waals surface area contributed by atoms with Crippen molar-refractivity contribution in [2.75, 3.05) is 19.6 Å². The van der Waals surface area contributed by atoms with E-state index in [4.69, 9.17) is 9.15 Å². The molecular weight excluding hydrogens is 444 g/mol. The van der Waals surface area contributed by atoms with Gasteiger partial charge in [0.15, 0.2) is 0 Å². The molecule has 1 amide bonds. The van der Waals surface area contributed by atoms with E-state index in [2.05, 4.69) is 53.1 Å². The number of benzene rings is 1. The standard InChI is InChI=1S/C26H36N6O3/c1-17-12-20(14-23-28-29-24(34-23)22-8-9-27-30(22)7)19(3)21(13-17)16-31-10-11-32(18(2)15-31)25(33)35-26(4,5)6/h8-9,12-13,18H,10-11,14-16H2,1-7H3/t18-/m0/s1. The Morgan fingerprint density at radius 2 is 1.91 bits per heavy atom. The van der Waals surface area contributed by atoms with Crippen LogP contribution in [0.4, 0.5) is 4.79 Å². The monoisotopic (exact) mass is 480 g/mol. The summed E-state index contributed by atoms with van der Waals surface area (Å²) < 4.78 is 13.2. The molecule has 0 saturated carbocycles. The number of hydrogen-bond acceptors (Lipinski definition) is 7. The molecule has 0 aliphatic carbocycles. The third kappa shape index (κ3) is 5.90. The zero-order valence-electron chi connectivity index (χ0n) is 21.8. The van der Waals surface area contributed by atoms with Crippen LogP contribution in [0.25, 0.3) is 11.6 Å². The number of rotatable bonds is 5. The average Bonchev–Trinajstić information content (AvgIpc) is 3.38. The van der Waals surface area contributed by atoms with E-state index in [9.17, 15) is 4.79 Å². The Morgan fingerprint density at radius 3 is 2.57 bits per heavy atom. The number of carbonyl (C=O) groups is 1. The lowest BCUT2D eigenvalue weighted by atomic mass is 9.96. The number of aromatic nitrogens is 4. The highest BCUT2D eigenvalue weighted by Gasteiger charge is 2.31. The Kier molecular flexibility index (Phi) is 6.98. The van der Waals surface area contributed by atoms with Gasteiger partial charge < -0.3 is 14.1 Å². The number of carbonyl (C=O) groups excluding carboxylic acids is 1. The molecule has 0 bridgehead atoms. The molecule has 0 spiro atoms. The lowest BCUT2D eigenvalue weighted by Crippen LogP contribution is -2.54. The second-order valence-electron chi connectivity index (χ2n) is 10.5. The smallest absolute Gasteiger partial charge is 0.410 e. The molecule has 3 heterocycles. The minimum absolute atomic E-state index is 0.0898.